The first-order valence-electron chi connectivity index (χ1n) is 6.09. The van der Waals surface area contributed by atoms with Gasteiger partial charge in [-0.05, 0) is 29.0 Å². The van der Waals surface area contributed by atoms with Gasteiger partial charge in [-0.25, -0.2) is 0 Å². The van der Waals surface area contributed by atoms with Crippen LogP contribution in [0.2, 0.25) is 0 Å². The van der Waals surface area contributed by atoms with Crippen LogP contribution in [0, 0.1) is 0 Å². The summed E-state index contributed by atoms with van der Waals surface area (Å²) in [7, 11) is 0. The van der Waals surface area contributed by atoms with Gasteiger partial charge in [0.15, 0.2) is 0 Å². The monoisotopic (exact) mass is 246 g/mol. The van der Waals surface area contributed by atoms with Crippen molar-refractivity contribution in [1.29, 1.82) is 0 Å². The minimum Gasteiger partial charge on any atom is -0.388 e. The van der Waals surface area contributed by atoms with Crippen LogP contribution in [0.3, 0.4) is 0 Å². The molecule has 0 aliphatic heterocycles. The third kappa shape index (κ3) is 3.42. The van der Waals surface area contributed by atoms with Gasteiger partial charge < -0.3 is 5.11 Å². The Kier molecular flexibility index (Phi) is 4.35. The van der Waals surface area contributed by atoms with E-state index in [-0.39, 0.29) is 6.10 Å². The largest absolute Gasteiger partial charge is 0.388 e. The van der Waals surface area contributed by atoms with E-state index in [1.54, 1.807) is 11.3 Å². The predicted molar refractivity (Wildman–Crippen MR) is 73.4 cm³/mol. The van der Waals surface area contributed by atoms with Gasteiger partial charge >= 0.3 is 0 Å². The lowest BCUT2D eigenvalue weighted by Gasteiger charge is -2.11. The van der Waals surface area contributed by atoms with Crippen molar-refractivity contribution in [2.24, 2.45) is 0 Å². The zero-order valence-corrected chi connectivity index (χ0v) is 10.9. The number of thiophene rings is 1. The van der Waals surface area contributed by atoms with Crippen molar-refractivity contribution in [2.75, 3.05) is 0 Å². The predicted octanol–water partition coefficient (Wildman–Crippen LogP) is 3.98. The van der Waals surface area contributed by atoms with Gasteiger partial charge in [-0.3, -0.25) is 0 Å². The maximum Gasteiger partial charge on any atom is 0.0838 e. The number of hydrogen-bond acceptors (Lipinski definition) is 2. The molecule has 0 aliphatic rings. The Morgan fingerprint density at radius 2 is 2.12 bits per heavy atom. The number of benzene rings is 1. The van der Waals surface area contributed by atoms with Crippen LogP contribution in [0.5, 0.6) is 0 Å². The lowest BCUT2D eigenvalue weighted by atomic mass is 10.0. The van der Waals surface area contributed by atoms with Gasteiger partial charge in [0.25, 0.3) is 0 Å². The summed E-state index contributed by atoms with van der Waals surface area (Å²) in [6.45, 7) is 2.18. The second kappa shape index (κ2) is 5.99. The number of aliphatic hydroxyl groups is 1. The summed E-state index contributed by atoms with van der Waals surface area (Å²) in [5.41, 5.74) is 2.35. The molecule has 0 bridgehead atoms. The molecule has 0 radical (unpaired) electrons. The molecule has 17 heavy (non-hydrogen) atoms. The highest BCUT2D eigenvalue weighted by atomic mass is 32.1. The van der Waals surface area contributed by atoms with E-state index in [4.69, 9.17) is 0 Å². The zero-order chi connectivity index (χ0) is 12.1. The molecule has 0 amide bonds. The van der Waals surface area contributed by atoms with Crippen LogP contribution in [-0.4, -0.2) is 5.11 Å². The van der Waals surface area contributed by atoms with Crippen molar-refractivity contribution >= 4 is 11.3 Å². The molecule has 0 aliphatic carbocycles. The van der Waals surface area contributed by atoms with Gasteiger partial charge in [-0.1, -0.05) is 43.7 Å². The second-order valence-corrected chi connectivity index (χ2v) is 5.33. The fraction of sp³-hybridized carbons (Fsp3) is 0.333. The first-order chi connectivity index (χ1) is 8.29. The van der Waals surface area contributed by atoms with Crippen LogP contribution in [0.25, 0.3) is 0 Å². The van der Waals surface area contributed by atoms with Crippen molar-refractivity contribution in [3.8, 4) is 0 Å². The SMILES string of the molecule is CCCc1cccc(C(O)Cc2cccs2)c1. The molecule has 0 saturated carbocycles. The molecule has 2 rings (SSSR count). The summed E-state index contributed by atoms with van der Waals surface area (Å²) in [6, 6.07) is 12.4. The average Bonchev–Trinajstić information content (AvgIpc) is 2.83. The molecule has 1 atom stereocenters. The van der Waals surface area contributed by atoms with E-state index in [2.05, 4.69) is 30.5 Å². The van der Waals surface area contributed by atoms with Gasteiger partial charge in [0.2, 0.25) is 0 Å². The van der Waals surface area contributed by atoms with E-state index < -0.39 is 0 Å². The molecule has 1 heterocycles. The summed E-state index contributed by atoms with van der Waals surface area (Å²) in [5, 5.41) is 12.2. The molecule has 0 fully saturated rings. The van der Waals surface area contributed by atoms with Crippen molar-refractivity contribution in [1.82, 2.24) is 0 Å². The molecule has 90 valence electrons. The third-order valence-electron chi connectivity index (χ3n) is 2.85. The molecule has 1 aromatic carbocycles. The Bertz CT molecular complexity index is 448. The van der Waals surface area contributed by atoms with Gasteiger partial charge in [-0.2, -0.15) is 0 Å². The molecular formula is C15H18OS. The first-order valence-corrected chi connectivity index (χ1v) is 6.97. The summed E-state index contributed by atoms with van der Waals surface area (Å²) in [5.74, 6) is 0. The summed E-state index contributed by atoms with van der Waals surface area (Å²) in [6.07, 6.45) is 2.56. The molecule has 1 aromatic heterocycles. The Hall–Kier alpha value is -1.12. The number of aliphatic hydroxyl groups excluding tert-OH is 1. The molecule has 2 heteroatoms. The minimum atomic E-state index is -0.384. The van der Waals surface area contributed by atoms with E-state index in [0.717, 1.165) is 18.4 Å². The summed E-state index contributed by atoms with van der Waals surface area (Å²) in [4.78, 5) is 1.23. The molecule has 1 unspecified atom stereocenters. The van der Waals surface area contributed by atoms with Crippen molar-refractivity contribution in [3.63, 3.8) is 0 Å². The second-order valence-electron chi connectivity index (χ2n) is 4.29. The highest BCUT2D eigenvalue weighted by molar-refractivity contribution is 7.09. The van der Waals surface area contributed by atoms with E-state index in [9.17, 15) is 5.11 Å². The molecule has 0 saturated heterocycles. The van der Waals surface area contributed by atoms with Crippen molar-refractivity contribution < 1.29 is 5.11 Å². The average molecular weight is 246 g/mol. The smallest absolute Gasteiger partial charge is 0.0838 e. The van der Waals surface area contributed by atoms with Gasteiger partial charge in [0, 0.05) is 11.3 Å². The first kappa shape index (κ1) is 12.3. The minimum absolute atomic E-state index is 0.384. The number of hydrogen-bond donors (Lipinski definition) is 1. The summed E-state index contributed by atoms with van der Waals surface area (Å²) >= 11 is 1.70. The zero-order valence-electron chi connectivity index (χ0n) is 10.1. The maximum atomic E-state index is 10.2. The Morgan fingerprint density at radius 1 is 1.24 bits per heavy atom. The van der Waals surface area contributed by atoms with Gasteiger partial charge in [-0.15, -0.1) is 11.3 Å². The van der Waals surface area contributed by atoms with Crippen LogP contribution in [0.1, 0.15) is 35.5 Å². The number of aryl methyl sites for hydroxylation is 1. The maximum absolute atomic E-state index is 10.2. The Balaban J connectivity index is 2.07. The topological polar surface area (TPSA) is 20.2 Å². The molecule has 0 spiro atoms. The molecule has 2 aromatic rings. The third-order valence-corrected chi connectivity index (χ3v) is 3.75. The normalized spacial score (nSPS) is 12.6. The van der Waals surface area contributed by atoms with Gasteiger partial charge in [0.1, 0.15) is 0 Å². The van der Waals surface area contributed by atoms with Crippen LogP contribution in [0.4, 0.5) is 0 Å². The lowest BCUT2D eigenvalue weighted by molar-refractivity contribution is 0.179. The molecule has 1 nitrogen and oxygen atoms in total. The van der Waals surface area contributed by atoms with E-state index in [1.165, 1.54) is 10.4 Å². The highest BCUT2D eigenvalue weighted by Gasteiger charge is 2.09. The van der Waals surface area contributed by atoms with Crippen LogP contribution in [0.15, 0.2) is 41.8 Å². The Morgan fingerprint density at radius 3 is 2.82 bits per heavy atom. The fourth-order valence-corrected chi connectivity index (χ4v) is 2.72. The lowest BCUT2D eigenvalue weighted by Crippen LogP contribution is -2.01. The highest BCUT2D eigenvalue weighted by Crippen LogP contribution is 2.22. The number of rotatable bonds is 5. The van der Waals surface area contributed by atoms with E-state index in [1.807, 2.05) is 18.2 Å². The summed E-state index contributed by atoms with van der Waals surface area (Å²) < 4.78 is 0. The molecule has 1 N–H and O–H groups in total. The quantitative estimate of drug-likeness (QED) is 0.846. The molecular weight excluding hydrogens is 228 g/mol. The van der Waals surface area contributed by atoms with Crippen molar-refractivity contribution in [3.05, 3.63) is 57.8 Å². The van der Waals surface area contributed by atoms with Gasteiger partial charge in [0.05, 0.1) is 6.10 Å². The van der Waals surface area contributed by atoms with Crippen LogP contribution < -0.4 is 0 Å². The Labute approximate surface area is 107 Å². The van der Waals surface area contributed by atoms with Crippen LogP contribution >= 0.6 is 11.3 Å². The van der Waals surface area contributed by atoms with E-state index in [0.29, 0.717) is 6.42 Å². The van der Waals surface area contributed by atoms with E-state index >= 15 is 0 Å². The fourth-order valence-electron chi connectivity index (χ4n) is 1.98. The standard InChI is InChI=1S/C15H18OS/c1-2-5-12-6-3-7-13(10-12)15(16)11-14-8-4-9-17-14/h3-4,6-10,15-16H,2,5,11H2,1H3. The van der Waals surface area contributed by atoms with Crippen LogP contribution in [-0.2, 0) is 12.8 Å². The van der Waals surface area contributed by atoms with Crippen molar-refractivity contribution in [2.45, 2.75) is 32.3 Å².